The van der Waals surface area contributed by atoms with Gasteiger partial charge in [0.1, 0.15) is 0 Å². The third kappa shape index (κ3) is 4.15. The number of ether oxygens (including phenoxy) is 1. The summed E-state index contributed by atoms with van der Waals surface area (Å²) in [6.07, 6.45) is 0.115. The Morgan fingerprint density at radius 1 is 1.44 bits per heavy atom. The molecule has 0 fully saturated rings. The van der Waals surface area contributed by atoms with Crippen molar-refractivity contribution in [2.24, 2.45) is 0 Å². The molecule has 0 amide bonds. The molecule has 1 rings (SSSR count). The molecule has 0 N–H and O–H groups in total. The van der Waals surface area contributed by atoms with Crippen LogP contribution in [-0.4, -0.2) is 12.6 Å². The van der Waals surface area contributed by atoms with Crippen LogP contribution in [0.5, 0.6) is 0 Å². The van der Waals surface area contributed by atoms with Gasteiger partial charge in [0.2, 0.25) is 0 Å². The average Bonchev–Trinajstić information content (AvgIpc) is 2.38. The number of alkyl halides is 1. The van der Waals surface area contributed by atoms with E-state index < -0.39 is 12.1 Å². The summed E-state index contributed by atoms with van der Waals surface area (Å²) in [5, 5.41) is 0.516. The van der Waals surface area contributed by atoms with Crippen LogP contribution in [0.3, 0.4) is 0 Å². The number of esters is 1. The summed E-state index contributed by atoms with van der Waals surface area (Å²) < 4.78 is 18.9. The lowest BCUT2D eigenvalue weighted by molar-refractivity contribution is -0.139. The van der Waals surface area contributed by atoms with Crippen molar-refractivity contribution in [3.63, 3.8) is 0 Å². The Balaban J connectivity index is 2.60. The van der Waals surface area contributed by atoms with Gasteiger partial charge >= 0.3 is 5.97 Å². The van der Waals surface area contributed by atoms with Gasteiger partial charge in [0.25, 0.3) is 0 Å². The largest absolute Gasteiger partial charge is 0.462 e. The van der Waals surface area contributed by atoms with Crippen LogP contribution in [0.15, 0.2) is 36.4 Å². The van der Waals surface area contributed by atoms with E-state index in [2.05, 4.69) is 6.58 Å². The zero-order chi connectivity index (χ0) is 13.5. The van der Waals surface area contributed by atoms with E-state index in [4.69, 9.17) is 16.3 Å². The second-order valence-electron chi connectivity index (χ2n) is 3.93. The first-order chi connectivity index (χ1) is 8.56. The van der Waals surface area contributed by atoms with Gasteiger partial charge < -0.3 is 4.74 Å². The van der Waals surface area contributed by atoms with Crippen molar-refractivity contribution in [2.45, 2.75) is 25.9 Å². The van der Waals surface area contributed by atoms with Gasteiger partial charge in [-0.1, -0.05) is 43.7 Å². The molecule has 0 saturated heterocycles. The minimum Gasteiger partial charge on any atom is -0.462 e. The topological polar surface area (TPSA) is 26.3 Å². The van der Waals surface area contributed by atoms with Crippen LogP contribution in [-0.2, 0) is 9.53 Å². The molecule has 1 aromatic rings. The molecule has 0 aliphatic rings. The first kappa shape index (κ1) is 14.7. The highest BCUT2D eigenvalue weighted by molar-refractivity contribution is 6.30. The molecule has 1 atom stereocenters. The molecular formula is C14H16ClFO2. The molecule has 0 aliphatic heterocycles. The molecular weight excluding hydrogens is 255 g/mol. The zero-order valence-corrected chi connectivity index (χ0v) is 11.0. The zero-order valence-electron chi connectivity index (χ0n) is 10.3. The minimum atomic E-state index is -1.56. The van der Waals surface area contributed by atoms with Gasteiger partial charge in [-0.15, -0.1) is 0 Å². The maximum atomic E-state index is 14.0. The fourth-order valence-corrected chi connectivity index (χ4v) is 1.46. The highest BCUT2D eigenvalue weighted by Gasteiger charge is 2.21. The quantitative estimate of drug-likeness (QED) is 0.439. The molecule has 1 unspecified atom stereocenters. The second-order valence-corrected chi connectivity index (χ2v) is 4.37. The van der Waals surface area contributed by atoms with Crippen molar-refractivity contribution in [3.05, 3.63) is 47.0 Å². The summed E-state index contributed by atoms with van der Waals surface area (Å²) in [7, 11) is 0. The lowest BCUT2D eigenvalue weighted by Gasteiger charge is -2.11. The third-order valence-electron chi connectivity index (χ3n) is 2.46. The molecule has 0 heterocycles. The van der Waals surface area contributed by atoms with Gasteiger partial charge in [0, 0.05) is 5.02 Å². The van der Waals surface area contributed by atoms with Crippen molar-refractivity contribution in [1.29, 1.82) is 0 Å². The molecule has 0 spiro atoms. The van der Waals surface area contributed by atoms with E-state index in [0.717, 1.165) is 12.8 Å². The molecule has 0 saturated carbocycles. The normalized spacial score (nSPS) is 11.9. The Labute approximate surface area is 111 Å². The predicted molar refractivity (Wildman–Crippen MR) is 70.3 cm³/mol. The Morgan fingerprint density at radius 2 is 2.06 bits per heavy atom. The highest BCUT2D eigenvalue weighted by atomic mass is 35.5. The van der Waals surface area contributed by atoms with Crippen molar-refractivity contribution in [2.75, 3.05) is 6.61 Å². The predicted octanol–water partition coefficient (Wildman–Crippen LogP) is 4.25. The summed E-state index contributed by atoms with van der Waals surface area (Å²) in [4.78, 5) is 11.5. The Kier molecular flexibility index (Phi) is 5.86. The van der Waals surface area contributed by atoms with E-state index >= 15 is 0 Å². The number of unbranched alkanes of at least 4 members (excludes halogenated alkanes) is 1. The maximum absolute atomic E-state index is 14.0. The summed E-state index contributed by atoms with van der Waals surface area (Å²) in [5.41, 5.74) is 0.158. The highest BCUT2D eigenvalue weighted by Crippen LogP contribution is 2.26. The smallest absolute Gasteiger partial charge is 0.336 e. The van der Waals surface area contributed by atoms with Crippen molar-refractivity contribution in [1.82, 2.24) is 0 Å². The Bertz CT molecular complexity index is 414. The second kappa shape index (κ2) is 7.17. The molecule has 2 nitrogen and oxygen atoms in total. The van der Waals surface area contributed by atoms with E-state index in [9.17, 15) is 9.18 Å². The Hall–Kier alpha value is -1.35. The van der Waals surface area contributed by atoms with E-state index in [-0.39, 0.29) is 5.57 Å². The van der Waals surface area contributed by atoms with Gasteiger partial charge in [-0.2, -0.15) is 0 Å². The van der Waals surface area contributed by atoms with Gasteiger partial charge in [-0.05, 0) is 24.1 Å². The van der Waals surface area contributed by atoms with Crippen LogP contribution in [0.2, 0.25) is 5.02 Å². The fourth-order valence-electron chi connectivity index (χ4n) is 1.34. The number of carbonyl (C=O) groups excluding carboxylic acids is 1. The van der Waals surface area contributed by atoms with Crippen molar-refractivity contribution < 1.29 is 13.9 Å². The first-order valence-corrected chi connectivity index (χ1v) is 6.19. The van der Waals surface area contributed by atoms with Gasteiger partial charge in [-0.25, -0.2) is 9.18 Å². The van der Waals surface area contributed by atoms with Crippen LogP contribution >= 0.6 is 11.6 Å². The van der Waals surface area contributed by atoms with Crippen LogP contribution in [0, 0.1) is 0 Å². The van der Waals surface area contributed by atoms with Gasteiger partial charge in [0.05, 0.1) is 12.2 Å². The minimum absolute atomic E-state index is 0.187. The molecule has 0 aliphatic carbocycles. The monoisotopic (exact) mass is 270 g/mol. The standard InChI is InChI=1S/C14H16ClFO2/c1-3-4-9-18-14(17)10(2)13(16)11-5-7-12(15)8-6-11/h5-8,13H,2-4,9H2,1H3. The lowest BCUT2D eigenvalue weighted by atomic mass is 10.0. The van der Waals surface area contributed by atoms with E-state index in [0.29, 0.717) is 17.2 Å². The molecule has 0 aromatic heterocycles. The van der Waals surface area contributed by atoms with E-state index in [1.54, 1.807) is 12.1 Å². The summed E-state index contributed by atoms with van der Waals surface area (Å²) >= 11 is 5.71. The van der Waals surface area contributed by atoms with Crippen LogP contribution in [0.25, 0.3) is 0 Å². The third-order valence-corrected chi connectivity index (χ3v) is 2.71. The van der Waals surface area contributed by atoms with Crippen LogP contribution in [0.1, 0.15) is 31.5 Å². The molecule has 18 heavy (non-hydrogen) atoms. The van der Waals surface area contributed by atoms with Crippen molar-refractivity contribution in [3.8, 4) is 0 Å². The average molecular weight is 271 g/mol. The number of hydrogen-bond acceptors (Lipinski definition) is 2. The summed E-state index contributed by atoms with van der Waals surface area (Å²) in [6.45, 7) is 5.72. The fraction of sp³-hybridized carbons (Fsp3) is 0.357. The summed E-state index contributed by atoms with van der Waals surface area (Å²) in [6, 6.07) is 6.19. The number of carbonyl (C=O) groups is 1. The molecule has 0 bridgehead atoms. The van der Waals surface area contributed by atoms with Gasteiger partial charge in [-0.3, -0.25) is 0 Å². The van der Waals surface area contributed by atoms with E-state index in [1.807, 2.05) is 6.92 Å². The lowest BCUT2D eigenvalue weighted by Crippen LogP contribution is -2.12. The molecule has 1 aromatic carbocycles. The first-order valence-electron chi connectivity index (χ1n) is 5.81. The Morgan fingerprint density at radius 3 is 2.61 bits per heavy atom. The maximum Gasteiger partial charge on any atom is 0.336 e. The number of benzene rings is 1. The van der Waals surface area contributed by atoms with Crippen LogP contribution in [0.4, 0.5) is 4.39 Å². The number of rotatable bonds is 6. The van der Waals surface area contributed by atoms with Crippen LogP contribution < -0.4 is 0 Å². The molecule has 4 heteroatoms. The SMILES string of the molecule is C=C(C(=O)OCCCC)C(F)c1ccc(Cl)cc1. The van der Waals surface area contributed by atoms with E-state index in [1.165, 1.54) is 12.1 Å². The number of hydrogen-bond donors (Lipinski definition) is 0. The molecule has 98 valence electrons. The van der Waals surface area contributed by atoms with Gasteiger partial charge in [0.15, 0.2) is 6.17 Å². The summed E-state index contributed by atoms with van der Waals surface area (Å²) in [5.74, 6) is -0.689. The van der Waals surface area contributed by atoms with Crippen molar-refractivity contribution >= 4 is 17.6 Å². The number of halogens is 2. The molecule has 0 radical (unpaired) electrons.